The number of halogens is 1. The van der Waals surface area contributed by atoms with Crippen molar-refractivity contribution in [3.05, 3.63) is 65.5 Å². The Balaban J connectivity index is 1.99. The first-order valence-electron chi connectivity index (χ1n) is 6.38. The first kappa shape index (κ1) is 14.5. The molecule has 0 aliphatic carbocycles. The third-order valence-electron chi connectivity index (χ3n) is 3.00. The van der Waals surface area contributed by atoms with Crippen molar-refractivity contribution in [1.82, 2.24) is 4.90 Å². The molecule has 0 saturated carbocycles. The number of para-hydroxylation sites is 1. The molecule has 0 aliphatic heterocycles. The van der Waals surface area contributed by atoms with Crippen LogP contribution < -0.4 is 5.32 Å². The van der Waals surface area contributed by atoms with E-state index in [1.165, 1.54) is 11.6 Å². The van der Waals surface area contributed by atoms with Crippen LogP contribution in [-0.2, 0) is 6.54 Å². The van der Waals surface area contributed by atoms with E-state index in [4.69, 9.17) is 12.2 Å². The molecule has 2 aromatic rings. The molecule has 0 saturated heterocycles. The molecule has 0 unspecified atom stereocenters. The second kappa shape index (κ2) is 6.48. The summed E-state index contributed by atoms with van der Waals surface area (Å²) >= 11 is 5.29. The summed E-state index contributed by atoms with van der Waals surface area (Å²) in [5.74, 6) is -0.307. The summed E-state index contributed by atoms with van der Waals surface area (Å²) < 4.78 is 13.5. The average molecular weight is 288 g/mol. The Bertz CT molecular complexity index is 596. The van der Waals surface area contributed by atoms with Gasteiger partial charge in [0, 0.05) is 13.6 Å². The molecule has 0 atom stereocenters. The molecule has 0 bridgehead atoms. The lowest BCUT2D eigenvalue weighted by molar-refractivity contribution is 0.508. The number of rotatable bonds is 3. The van der Waals surface area contributed by atoms with Crippen molar-refractivity contribution < 1.29 is 4.39 Å². The number of nitrogens with one attached hydrogen (secondary N) is 1. The van der Waals surface area contributed by atoms with Gasteiger partial charge in [0.25, 0.3) is 0 Å². The lowest BCUT2D eigenvalue weighted by Crippen LogP contribution is -2.30. The molecule has 2 aromatic carbocycles. The number of thiocarbonyl (C=S) groups is 1. The monoisotopic (exact) mass is 288 g/mol. The maximum Gasteiger partial charge on any atom is 0.173 e. The summed E-state index contributed by atoms with van der Waals surface area (Å²) in [6.07, 6.45) is 0. The molecular weight excluding hydrogens is 271 g/mol. The van der Waals surface area contributed by atoms with Gasteiger partial charge in [-0.1, -0.05) is 42.0 Å². The predicted molar refractivity (Wildman–Crippen MR) is 85.3 cm³/mol. The van der Waals surface area contributed by atoms with Gasteiger partial charge in [-0.15, -0.1) is 0 Å². The highest BCUT2D eigenvalue weighted by Crippen LogP contribution is 2.14. The van der Waals surface area contributed by atoms with Gasteiger partial charge in [0.15, 0.2) is 5.11 Å². The number of aryl methyl sites for hydroxylation is 1. The van der Waals surface area contributed by atoms with Crippen LogP contribution in [0.3, 0.4) is 0 Å². The van der Waals surface area contributed by atoms with Crippen molar-refractivity contribution in [3.63, 3.8) is 0 Å². The van der Waals surface area contributed by atoms with Crippen molar-refractivity contribution in [2.75, 3.05) is 12.4 Å². The number of anilines is 1. The van der Waals surface area contributed by atoms with E-state index in [2.05, 4.69) is 36.5 Å². The van der Waals surface area contributed by atoms with Crippen molar-refractivity contribution in [2.45, 2.75) is 13.5 Å². The first-order valence-corrected chi connectivity index (χ1v) is 6.79. The Hall–Kier alpha value is -1.94. The molecule has 20 heavy (non-hydrogen) atoms. The van der Waals surface area contributed by atoms with Gasteiger partial charge in [0.05, 0.1) is 5.69 Å². The molecule has 2 nitrogen and oxygen atoms in total. The Labute approximate surface area is 124 Å². The molecule has 2 rings (SSSR count). The second-order valence-corrected chi connectivity index (χ2v) is 5.14. The highest BCUT2D eigenvalue weighted by molar-refractivity contribution is 7.80. The summed E-state index contributed by atoms with van der Waals surface area (Å²) in [7, 11) is 1.88. The minimum atomic E-state index is -0.307. The Morgan fingerprint density at radius 3 is 2.45 bits per heavy atom. The van der Waals surface area contributed by atoms with Gasteiger partial charge in [-0.05, 0) is 36.8 Å². The average Bonchev–Trinajstić information content (AvgIpc) is 2.44. The van der Waals surface area contributed by atoms with Crippen molar-refractivity contribution in [2.24, 2.45) is 0 Å². The number of hydrogen-bond acceptors (Lipinski definition) is 1. The van der Waals surface area contributed by atoms with E-state index < -0.39 is 0 Å². The summed E-state index contributed by atoms with van der Waals surface area (Å²) in [6, 6.07) is 14.8. The molecule has 0 radical (unpaired) electrons. The molecule has 0 aromatic heterocycles. The van der Waals surface area contributed by atoms with E-state index >= 15 is 0 Å². The van der Waals surface area contributed by atoms with Crippen molar-refractivity contribution >= 4 is 23.0 Å². The van der Waals surface area contributed by atoms with E-state index in [0.717, 1.165) is 5.56 Å². The lowest BCUT2D eigenvalue weighted by atomic mass is 10.1. The highest BCUT2D eigenvalue weighted by atomic mass is 32.1. The van der Waals surface area contributed by atoms with Crippen LogP contribution in [0.25, 0.3) is 0 Å². The van der Waals surface area contributed by atoms with Crippen LogP contribution in [0.4, 0.5) is 10.1 Å². The minimum absolute atomic E-state index is 0.307. The van der Waals surface area contributed by atoms with E-state index in [9.17, 15) is 4.39 Å². The quantitative estimate of drug-likeness (QED) is 0.861. The Morgan fingerprint density at radius 1 is 1.15 bits per heavy atom. The summed E-state index contributed by atoms with van der Waals surface area (Å²) in [6.45, 7) is 2.73. The third-order valence-corrected chi connectivity index (χ3v) is 3.42. The minimum Gasteiger partial charge on any atom is -0.348 e. The van der Waals surface area contributed by atoms with Gasteiger partial charge in [-0.3, -0.25) is 0 Å². The zero-order valence-electron chi connectivity index (χ0n) is 11.6. The Morgan fingerprint density at radius 2 is 1.80 bits per heavy atom. The van der Waals surface area contributed by atoms with Crippen LogP contribution in [0, 0.1) is 12.7 Å². The first-order chi connectivity index (χ1) is 9.56. The van der Waals surface area contributed by atoms with E-state index in [1.807, 2.05) is 11.9 Å². The van der Waals surface area contributed by atoms with Crippen LogP contribution in [0.1, 0.15) is 11.1 Å². The standard InChI is InChI=1S/C16H17FN2S/c1-12-7-9-13(10-8-12)11-19(2)16(20)18-15-6-4-3-5-14(15)17/h3-10H,11H2,1-2H3,(H,18,20). The number of nitrogens with zero attached hydrogens (tertiary/aromatic N) is 1. The lowest BCUT2D eigenvalue weighted by Gasteiger charge is -2.21. The number of benzene rings is 2. The van der Waals surface area contributed by atoms with Gasteiger partial charge >= 0.3 is 0 Å². The molecule has 0 fully saturated rings. The van der Waals surface area contributed by atoms with E-state index in [0.29, 0.717) is 17.3 Å². The maximum absolute atomic E-state index is 13.5. The van der Waals surface area contributed by atoms with Gasteiger partial charge in [-0.25, -0.2) is 4.39 Å². The predicted octanol–water partition coefficient (Wildman–Crippen LogP) is 3.96. The summed E-state index contributed by atoms with van der Waals surface area (Å²) in [5.41, 5.74) is 2.78. The second-order valence-electron chi connectivity index (χ2n) is 4.75. The zero-order valence-corrected chi connectivity index (χ0v) is 12.4. The molecule has 0 spiro atoms. The number of hydrogen-bond donors (Lipinski definition) is 1. The van der Waals surface area contributed by atoms with Crippen LogP contribution >= 0.6 is 12.2 Å². The normalized spacial score (nSPS) is 10.2. The zero-order chi connectivity index (χ0) is 14.5. The van der Waals surface area contributed by atoms with E-state index in [-0.39, 0.29) is 5.82 Å². The van der Waals surface area contributed by atoms with Gasteiger partial charge < -0.3 is 10.2 Å². The molecule has 104 valence electrons. The smallest absolute Gasteiger partial charge is 0.173 e. The molecule has 0 amide bonds. The SMILES string of the molecule is Cc1ccc(CN(C)C(=S)Nc2ccccc2F)cc1. The van der Waals surface area contributed by atoms with Crippen LogP contribution in [0.15, 0.2) is 48.5 Å². The largest absolute Gasteiger partial charge is 0.348 e. The topological polar surface area (TPSA) is 15.3 Å². The molecule has 0 heterocycles. The fraction of sp³-hybridized carbons (Fsp3) is 0.188. The fourth-order valence-electron chi connectivity index (χ4n) is 1.81. The molecule has 4 heteroatoms. The third kappa shape index (κ3) is 3.78. The van der Waals surface area contributed by atoms with Crippen LogP contribution in [0.2, 0.25) is 0 Å². The highest BCUT2D eigenvalue weighted by Gasteiger charge is 2.08. The van der Waals surface area contributed by atoms with Crippen LogP contribution in [-0.4, -0.2) is 17.1 Å². The van der Waals surface area contributed by atoms with E-state index in [1.54, 1.807) is 18.2 Å². The summed E-state index contributed by atoms with van der Waals surface area (Å²) in [5, 5.41) is 3.42. The fourth-order valence-corrected chi connectivity index (χ4v) is 1.99. The molecule has 1 N–H and O–H groups in total. The van der Waals surface area contributed by atoms with Crippen LogP contribution in [0.5, 0.6) is 0 Å². The molecular formula is C16H17FN2S. The maximum atomic E-state index is 13.5. The van der Waals surface area contributed by atoms with Gasteiger partial charge in [-0.2, -0.15) is 0 Å². The molecule has 0 aliphatic rings. The van der Waals surface area contributed by atoms with Gasteiger partial charge in [0.1, 0.15) is 5.82 Å². The summed E-state index contributed by atoms with van der Waals surface area (Å²) in [4.78, 5) is 1.88. The van der Waals surface area contributed by atoms with Gasteiger partial charge in [0.2, 0.25) is 0 Å². The Kier molecular flexibility index (Phi) is 4.69. The van der Waals surface area contributed by atoms with Crippen molar-refractivity contribution in [1.29, 1.82) is 0 Å². The van der Waals surface area contributed by atoms with Crippen molar-refractivity contribution in [3.8, 4) is 0 Å².